The van der Waals surface area contributed by atoms with Crippen molar-refractivity contribution in [3.63, 3.8) is 0 Å². The summed E-state index contributed by atoms with van der Waals surface area (Å²) in [5, 5.41) is 19.6. The van der Waals surface area contributed by atoms with Gasteiger partial charge in [0.25, 0.3) is 0 Å². The van der Waals surface area contributed by atoms with E-state index in [1.807, 2.05) is 6.92 Å². The Bertz CT molecular complexity index is 750. The van der Waals surface area contributed by atoms with Crippen molar-refractivity contribution < 1.29 is 38.8 Å². The highest BCUT2D eigenvalue weighted by molar-refractivity contribution is 5.91. The van der Waals surface area contributed by atoms with Crippen LogP contribution in [0.2, 0.25) is 0 Å². The molecule has 2 N–H and O–H groups in total. The summed E-state index contributed by atoms with van der Waals surface area (Å²) in [5.74, 6) is -3.07. The minimum Gasteiger partial charge on any atom is -0.457 e. The molecule has 1 aliphatic carbocycles. The summed E-state index contributed by atoms with van der Waals surface area (Å²) >= 11 is 0. The van der Waals surface area contributed by atoms with Gasteiger partial charge < -0.3 is 24.4 Å². The molecule has 0 amide bonds. The van der Waals surface area contributed by atoms with Crippen LogP contribution >= 0.6 is 0 Å². The second kappa shape index (κ2) is 10.5. The first-order valence-corrected chi connectivity index (χ1v) is 10.1. The van der Waals surface area contributed by atoms with E-state index < -0.39 is 54.7 Å². The number of carbonyl (C=O) groups is 3. The number of hydrogen-bond donors (Lipinski definition) is 2. The van der Waals surface area contributed by atoms with Gasteiger partial charge in [-0.25, -0.2) is 4.79 Å². The average molecular weight is 422 g/mol. The van der Waals surface area contributed by atoms with Crippen LogP contribution in [0.3, 0.4) is 0 Å². The van der Waals surface area contributed by atoms with Gasteiger partial charge in [-0.05, 0) is 36.5 Å². The van der Waals surface area contributed by atoms with Crippen LogP contribution in [-0.2, 0) is 28.6 Å². The molecule has 0 saturated carbocycles. The van der Waals surface area contributed by atoms with E-state index in [1.165, 1.54) is 6.92 Å². The molecular weight excluding hydrogens is 392 g/mol. The molecular formula is C22H30O8. The van der Waals surface area contributed by atoms with Gasteiger partial charge in [-0.1, -0.05) is 26.5 Å². The molecule has 0 radical (unpaired) electrons. The number of ether oxygens (including phenoxy) is 3. The lowest BCUT2D eigenvalue weighted by Crippen LogP contribution is -2.46. The molecule has 0 spiro atoms. The standard InChI is InChI=1S/C22H30O8/c1-5-12(2)21(26)30-20-18-13(3)22(27)29-17(18)9-15(10-23)7-6-8-16(11-24)19(20)28-14(4)25/h8-9,12,17-20,23-24H,3,5-7,10-11H2,1-2,4H3/b15-9-,16-8?/t12-,17-,18-,19+,20-/m1/s1. The van der Waals surface area contributed by atoms with Gasteiger partial charge in [-0.15, -0.1) is 0 Å². The van der Waals surface area contributed by atoms with Gasteiger partial charge in [-0.3, -0.25) is 9.59 Å². The fourth-order valence-corrected chi connectivity index (χ4v) is 3.56. The van der Waals surface area contributed by atoms with E-state index in [0.29, 0.717) is 30.4 Å². The van der Waals surface area contributed by atoms with E-state index in [1.54, 1.807) is 19.1 Å². The molecule has 0 bridgehead atoms. The van der Waals surface area contributed by atoms with E-state index in [9.17, 15) is 24.6 Å². The lowest BCUT2D eigenvalue weighted by molar-refractivity contribution is -0.171. The fraction of sp³-hybridized carbons (Fsp3) is 0.591. The highest BCUT2D eigenvalue weighted by Crippen LogP contribution is 2.37. The Labute approximate surface area is 176 Å². The number of esters is 3. The lowest BCUT2D eigenvalue weighted by Gasteiger charge is -2.34. The summed E-state index contributed by atoms with van der Waals surface area (Å²) in [5.41, 5.74) is 1.06. The third kappa shape index (κ3) is 5.37. The Kier molecular flexibility index (Phi) is 8.37. The average Bonchev–Trinajstić information content (AvgIpc) is 2.99. The molecule has 8 heteroatoms. The summed E-state index contributed by atoms with van der Waals surface area (Å²) in [4.78, 5) is 36.8. The lowest BCUT2D eigenvalue weighted by atomic mass is 9.83. The van der Waals surface area contributed by atoms with Crippen LogP contribution in [0.15, 0.2) is 35.5 Å². The monoisotopic (exact) mass is 422 g/mol. The van der Waals surface area contributed by atoms with Crippen LogP contribution in [0.1, 0.15) is 40.0 Å². The summed E-state index contributed by atoms with van der Waals surface area (Å²) < 4.78 is 16.7. The smallest absolute Gasteiger partial charge is 0.334 e. The Morgan fingerprint density at radius 1 is 1.30 bits per heavy atom. The van der Waals surface area contributed by atoms with Gasteiger partial charge in [0.1, 0.15) is 6.10 Å². The number of hydrogen-bond acceptors (Lipinski definition) is 8. The highest BCUT2D eigenvalue weighted by Gasteiger charge is 2.49. The Hall–Kier alpha value is -2.45. The van der Waals surface area contributed by atoms with E-state index in [4.69, 9.17) is 14.2 Å². The molecule has 5 atom stereocenters. The number of fused-ring (bicyclic) bond motifs is 1. The molecule has 0 aromatic rings. The molecule has 2 rings (SSSR count). The van der Waals surface area contributed by atoms with Crippen LogP contribution in [0.4, 0.5) is 0 Å². The zero-order valence-corrected chi connectivity index (χ0v) is 17.6. The number of aliphatic hydroxyl groups excluding tert-OH is 2. The molecule has 1 aliphatic heterocycles. The predicted octanol–water partition coefficient (Wildman–Crippen LogP) is 1.60. The van der Waals surface area contributed by atoms with Gasteiger partial charge in [0.2, 0.25) is 0 Å². The molecule has 0 aromatic carbocycles. The third-order valence-electron chi connectivity index (χ3n) is 5.50. The topological polar surface area (TPSA) is 119 Å². The molecule has 2 aliphatic rings. The Morgan fingerprint density at radius 3 is 2.57 bits per heavy atom. The minimum absolute atomic E-state index is 0.0745. The number of carbonyl (C=O) groups excluding carboxylic acids is 3. The van der Waals surface area contributed by atoms with Crippen molar-refractivity contribution in [1.29, 1.82) is 0 Å². The van der Waals surface area contributed by atoms with E-state index in [-0.39, 0.29) is 12.2 Å². The minimum atomic E-state index is -1.13. The highest BCUT2D eigenvalue weighted by atomic mass is 16.6. The summed E-state index contributed by atoms with van der Waals surface area (Å²) in [7, 11) is 0. The quantitative estimate of drug-likeness (QED) is 0.287. The first-order valence-electron chi connectivity index (χ1n) is 10.1. The van der Waals surface area contributed by atoms with Crippen molar-refractivity contribution in [1.82, 2.24) is 0 Å². The third-order valence-corrected chi connectivity index (χ3v) is 5.50. The maximum atomic E-state index is 12.7. The number of aliphatic hydroxyl groups is 2. The second-order valence-electron chi connectivity index (χ2n) is 7.62. The fourth-order valence-electron chi connectivity index (χ4n) is 3.56. The largest absolute Gasteiger partial charge is 0.457 e. The van der Waals surface area contributed by atoms with E-state index in [2.05, 4.69) is 6.58 Å². The van der Waals surface area contributed by atoms with Gasteiger partial charge in [-0.2, -0.15) is 0 Å². The van der Waals surface area contributed by atoms with Crippen molar-refractivity contribution in [3.05, 3.63) is 35.5 Å². The van der Waals surface area contributed by atoms with Gasteiger partial charge in [0.05, 0.1) is 25.0 Å². The van der Waals surface area contributed by atoms with Crippen LogP contribution in [0.5, 0.6) is 0 Å². The second-order valence-corrected chi connectivity index (χ2v) is 7.62. The van der Waals surface area contributed by atoms with Crippen molar-refractivity contribution in [2.45, 2.75) is 58.3 Å². The van der Waals surface area contributed by atoms with Crippen LogP contribution in [-0.4, -0.2) is 59.6 Å². The van der Waals surface area contributed by atoms with Crippen molar-refractivity contribution >= 4 is 17.9 Å². The van der Waals surface area contributed by atoms with Gasteiger partial charge in [0.15, 0.2) is 12.2 Å². The molecule has 8 nitrogen and oxygen atoms in total. The summed E-state index contributed by atoms with van der Waals surface area (Å²) in [6.07, 6.45) is 1.67. The van der Waals surface area contributed by atoms with Gasteiger partial charge in [0, 0.05) is 12.5 Å². The molecule has 1 saturated heterocycles. The predicted molar refractivity (Wildman–Crippen MR) is 107 cm³/mol. The zero-order valence-electron chi connectivity index (χ0n) is 17.6. The van der Waals surface area contributed by atoms with E-state index in [0.717, 1.165) is 0 Å². The number of rotatable bonds is 6. The van der Waals surface area contributed by atoms with Crippen LogP contribution < -0.4 is 0 Å². The maximum absolute atomic E-state index is 12.7. The Morgan fingerprint density at radius 2 is 2.00 bits per heavy atom. The van der Waals surface area contributed by atoms with Crippen molar-refractivity contribution in [2.75, 3.05) is 13.2 Å². The molecule has 0 aromatic heterocycles. The van der Waals surface area contributed by atoms with Gasteiger partial charge >= 0.3 is 17.9 Å². The van der Waals surface area contributed by atoms with Crippen molar-refractivity contribution in [3.8, 4) is 0 Å². The normalized spacial score (nSPS) is 29.6. The SMILES string of the molecule is C=C1C(=O)O[C@@H]2/C=C(\CO)CCC=C(CO)[C@H](OC(C)=O)[C@H](OC(=O)[C@H](C)CC)[C@H]12. The summed E-state index contributed by atoms with van der Waals surface area (Å²) in [6, 6.07) is 0. The van der Waals surface area contributed by atoms with Crippen LogP contribution in [0, 0.1) is 11.8 Å². The van der Waals surface area contributed by atoms with Crippen molar-refractivity contribution in [2.24, 2.45) is 11.8 Å². The molecule has 166 valence electrons. The van der Waals surface area contributed by atoms with E-state index >= 15 is 0 Å². The molecule has 1 heterocycles. The molecule has 30 heavy (non-hydrogen) atoms. The molecule has 0 unspecified atom stereocenters. The molecule has 1 fully saturated rings. The Balaban J connectivity index is 2.61. The van der Waals surface area contributed by atoms with Crippen LogP contribution in [0.25, 0.3) is 0 Å². The zero-order chi connectivity index (χ0) is 22.4. The first-order chi connectivity index (χ1) is 14.2. The maximum Gasteiger partial charge on any atom is 0.334 e. The summed E-state index contributed by atoms with van der Waals surface area (Å²) in [6.45, 7) is 7.89. The number of allylic oxidation sites excluding steroid dienone is 1. The first kappa shape index (κ1) is 23.8.